The maximum Gasteiger partial charge on any atom is 0.321 e. The largest absolute Gasteiger partial charge is 0.344 e. The number of nitro groups is 1. The molecule has 0 aromatic carbocycles. The lowest BCUT2D eigenvalue weighted by Crippen LogP contribution is -2.21. The number of fused-ring (bicyclic) bond motifs is 3. The number of hydrogen-bond acceptors (Lipinski definition) is 8. The van der Waals surface area contributed by atoms with Gasteiger partial charge in [-0.2, -0.15) is 5.10 Å². The minimum Gasteiger partial charge on any atom is -0.344 e. The van der Waals surface area contributed by atoms with Crippen LogP contribution in [-0.2, 0) is 7.05 Å². The molecule has 0 radical (unpaired) electrons. The molecule has 4 rings (SSSR count). The zero-order chi connectivity index (χ0) is 20.3. The summed E-state index contributed by atoms with van der Waals surface area (Å²) in [4.78, 5) is 35.1. The number of amides is 1. The van der Waals surface area contributed by atoms with Crippen LogP contribution >= 0.6 is 11.3 Å². The number of aryl methyl sites for hydroxylation is 3. The monoisotopic (exact) mass is 400 g/mol. The van der Waals surface area contributed by atoms with Crippen LogP contribution in [0.2, 0.25) is 0 Å². The normalized spacial score (nSPS) is 11.5. The summed E-state index contributed by atoms with van der Waals surface area (Å²) >= 11 is 1.29. The van der Waals surface area contributed by atoms with Gasteiger partial charge in [-0.05, 0) is 19.4 Å². The summed E-state index contributed by atoms with van der Waals surface area (Å²) < 4.78 is 2.86. The third kappa shape index (κ3) is 2.45. The predicted octanol–water partition coefficient (Wildman–Crippen LogP) is 1.97. The molecule has 0 aliphatic carbocycles. The SMILES string of the molecule is Cc1nn(C)c(-c2nc3c4c(C)c(C(=O)N(C)C)sc4ncn3n2)c1[N+](=O)[O-]. The lowest BCUT2D eigenvalue weighted by atomic mass is 10.2. The zero-order valence-corrected chi connectivity index (χ0v) is 16.6. The Morgan fingerprint density at radius 2 is 2.00 bits per heavy atom. The van der Waals surface area contributed by atoms with Crippen molar-refractivity contribution in [2.75, 3.05) is 14.1 Å². The number of thiophene rings is 1. The predicted molar refractivity (Wildman–Crippen MR) is 103 cm³/mol. The first-order chi connectivity index (χ1) is 13.2. The fourth-order valence-corrected chi connectivity index (χ4v) is 4.32. The molecule has 4 aromatic rings. The van der Waals surface area contributed by atoms with E-state index in [1.54, 1.807) is 28.1 Å². The Morgan fingerprint density at radius 1 is 1.29 bits per heavy atom. The Morgan fingerprint density at radius 3 is 2.64 bits per heavy atom. The summed E-state index contributed by atoms with van der Waals surface area (Å²) in [6.07, 6.45) is 1.49. The third-order valence-corrected chi connectivity index (χ3v) is 5.64. The van der Waals surface area contributed by atoms with E-state index in [0.717, 1.165) is 5.56 Å². The molecule has 0 aliphatic heterocycles. The van der Waals surface area contributed by atoms with Gasteiger partial charge in [0, 0.05) is 21.1 Å². The van der Waals surface area contributed by atoms with E-state index in [0.29, 0.717) is 20.7 Å². The van der Waals surface area contributed by atoms with Crippen LogP contribution in [0.4, 0.5) is 5.69 Å². The summed E-state index contributed by atoms with van der Waals surface area (Å²) in [6, 6.07) is 0. The lowest BCUT2D eigenvalue weighted by Gasteiger charge is -2.08. The van der Waals surface area contributed by atoms with Gasteiger partial charge in [-0.3, -0.25) is 19.6 Å². The zero-order valence-electron chi connectivity index (χ0n) is 15.8. The van der Waals surface area contributed by atoms with Crippen molar-refractivity contribution >= 4 is 38.8 Å². The van der Waals surface area contributed by atoms with E-state index in [2.05, 4.69) is 20.2 Å². The van der Waals surface area contributed by atoms with Crippen molar-refractivity contribution in [3.05, 3.63) is 32.6 Å². The Hall–Kier alpha value is -3.41. The fourth-order valence-electron chi connectivity index (χ4n) is 3.16. The van der Waals surface area contributed by atoms with E-state index in [4.69, 9.17) is 0 Å². The minimum atomic E-state index is -0.485. The Bertz CT molecular complexity index is 1280. The van der Waals surface area contributed by atoms with Gasteiger partial charge in [0.2, 0.25) is 5.82 Å². The number of hydrogen-bond donors (Lipinski definition) is 0. The molecule has 0 saturated carbocycles. The molecule has 0 N–H and O–H groups in total. The van der Waals surface area contributed by atoms with E-state index in [-0.39, 0.29) is 28.8 Å². The number of aromatic nitrogens is 6. The van der Waals surface area contributed by atoms with Gasteiger partial charge in [-0.25, -0.2) is 14.5 Å². The number of nitrogens with zero attached hydrogens (tertiary/aromatic N) is 8. The summed E-state index contributed by atoms with van der Waals surface area (Å²) in [5, 5.41) is 20.7. The van der Waals surface area contributed by atoms with Crippen LogP contribution in [0.25, 0.3) is 27.4 Å². The number of carbonyl (C=O) groups is 1. The van der Waals surface area contributed by atoms with Crippen molar-refractivity contribution in [1.29, 1.82) is 0 Å². The highest BCUT2D eigenvalue weighted by atomic mass is 32.1. The summed E-state index contributed by atoms with van der Waals surface area (Å²) in [5.74, 6) is 0.0615. The molecule has 0 spiro atoms. The second kappa shape index (κ2) is 6.05. The third-order valence-electron chi connectivity index (χ3n) is 4.45. The van der Waals surface area contributed by atoms with Gasteiger partial charge in [-0.15, -0.1) is 16.4 Å². The van der Waals surface area contributed by atoms with Crippen LogP contribution in [0.5, 0.6) is 0 Å². The highest BCUT2D eigenvalue weighted by molar-refractivity contribution is 7.20. The average Bonchev–Trinajstić information content (AvgIpc) is 3.26. The van der Waals surface area contributed by atoms with Gasteiger partial charge in [0.25, 0.3) is 5.91 Å². The highest BCUT2D eigenvalue weighted by Gasteiger charge is 2.29. The summed E-state index contributed by atoms with van der Waals surface area (Å²) in [6.45, 7) is 3.40. The van der Waals surface area contributed by atoms with E-state index in [1.165, 1.54) is 31.8 Å². The molecule has 4 heterocycles. The molecule has 0 fully saturated rings. The lowest BCUT2D eigenvalue weighted by molar-refractivity contribution is -0.384. The molecular formula is C16H16N8O3S. The van der Waals surface area contributed by atoms with Gasteiger partial charge < -0.3 is 4.90 Å². The fraction of sp³-hybridized carbons (Fsp3) is 0.312. The van der Waals surface area contributed by atoms with Crippen LogP contribution in [0.3, 0.4) is 0 Å². The maximum absolute atomic E-state index is 12.4. The molecule has 0 aliphatic rings. The van der Waals surface area contributed by atoms with Crippen LogP contribution in [0, 0.1) is 24.0 Å². The minimum absolute atomic E-state index is 0.115. The van der Waals surface area contributed by atoms with Crippen molar-refractivity contribution < 1.29 is 9.72 Å². The quantitative estimate of drug-likeness (QED) is 0.380. The molecule has 0 unspecified atom stereocenters. The van der Waals surface area contributed by atoms with Crippen molar-refractivity contribution in [3.8, 4) is 11.5 Å². The van der Waals surface area contributed by atoms with Gasteiger partial charge >= 0.3 is 5.69 Å². The van der Waals surface area contributed by atoms with Gasteiger partial charge in [0.15, 0.2) is 11.3 Å². The first-order valence-electron chi connectivity index (χ1n) is 8.25. The molecule has 1 amide bonds. The van der Waals surface area contributed by atoms with E-state index < -0.39 is 4.92 Å². The Labute approximate surface area is 162 Å². The topological polar surface area (TPSA) is 124 Å². The smallest absolute Gasteiger partial charge is 0.321 e. The first-order valence-corrected chi connectivity index (χ1v) is 9.06. The molecule has 0 bridgehead atoms. The van der Waals surface area contributed by atoms with Crippen LogP contribution in [0.15, 0.2) is 6.33 Å². The standard InChI is InChI=1S/C16H16N8O3S/c1-7-9-14-18-13(11-10(24(26)27)8(2)19-22(11)5)20-23(14)6-17-15(9)28-12(7)16(25)21(3)4/h6H,1-5H3. The van der Waals surface area contributed by atoms with Gasteiger partial charge in [0.05, 0.1) is 15.2 Å². The summed E-state index contributed by atoms with van der Waals surface area (Å²) in [5.41, 5.74) is 1.62. The summed E-state index contributed by atoms with van der Waals surface area (Å²) in [7, 11) is 4.99. The molecule has 144 valence electrons. The molecule has 0 atom stereocenters. The van der Waals surface area contributed by atoms with Crippen molar-refractivity contribution in [2.24, 2.45) is 7.05 Å². The molecule has 12 heteroatoms. The average molecular weight is 400 g/mol. The second-order valence-corrected chi connectivity index (χ2v) is 7.55. The van der Waals surface area contributed by atoms with Gasteiger partial charge in [-0.1, -0.05) is 0 Å². The Kier molecular flexibility index (Phi) is 3.89. The van der Waals surface area contributed by atoms with E-state index in [9.17, 15) is 14.9 Å². The molecular weight excluding hydrogens is 384 g/mol. The van der Waals surface area contributed by atoms with Gasteiger partial charge in [0.1, 0.15) is 16.9 Å². The number of rotatable bonds is 3. The number of carbonyl (C=O) groups excluding carboxylic acids is 1. The molecule has 11 nitrogen and oxygen atoms in total. The molecule has 28 heavy (non-hydrogen) atoms. The van der Waals surface area contributed by atoms with Crippen molar-refractivity contribution in [3.63, 3.8) is 0 Å². The maximum atomic E-state index is 12.4. The molecule has 4 aromatic heterocycles. The van der Waals surface area contributed by atoms with Crippen molar-refractivity contribution in [1.82, 2.24) is 34.3 Å². The molecule has 0 saturated heterocycles. The van der Waals surface area contributed by atoms with E-state index in [1.807, 2.05) is 6.92 Å². The highest BCUT2D eigenvalue weighted by Crippen LogP contribution is 2.35. The van der Waals surface area contributed by atoms with Crippen LogP contribution in [0.1, 0.15) is 20.9 Å². The Balaban J connectivity index is 2.00. The second-order valence-electron chi connectivity index (χ2n) is 6.55. The van der Waals surface area contributed by atoms with Crippen molar-refractivity contribution in [2.45, 2.75) is 13.8 Å². The van der Waals surface area contributed by atoms with E-state index >= 15 is 0 Å². The van der Waals surface area contributed by atoms with Crippen LogP contribution in [-0.4, -0.2) is 59.2 Å². The first kappa shape index (κ1) is 18.0. The van der Waals surface area contributed by atoms with Crippen LogP contribution < -0.4 is 0 Å².